The van der Waals surface area contributed by atoms with Gasteiger partial charge in [-0.3, -0.25) is 9.59 Å². The van der Waals surface area contributed by atoms with Crippen LogP contribution in [-0.2, 0) is 0 Å². The van der Waals surface area contributed by atoms with Crippen LogP contribution in [0.1, 0.15) is 26.4 Å². The molecule has 3 rings (SSSR count). The summed E-state index contributed by atoms with van der Waals surface area (Å²) in [4.78, 5) is 28.4. The molecule has 7 nitrogen and oxygen atoms in total. The van der Waals surface area contributed by atoms with E-state index >= 15 is 0 Å². The molecule has 0 unspecified atom stereocenters. The summed E-state index contributed by atoms with van der Waals surface area (Å²) < 4.78 is 1.68. The molecule has 1 heterocycles. The Hall–Kier alpha value is -4.31. The number of nitrogens with zero attached hydrogens (tertiary/aromatic N) is 2. The number of nitrogens with two attached hydrogens (primary N) is 1. The van der Waals surface area contributed by atoms with Crippen LogP contribution in [0.3, 0.4) is 0 Å². The number of amides is 2. The smallest absolute Gasteiger partial charge is 0.271 e. The topological polar surface area (TPSA) is 102 Å². The molecular formula is C22H19N5O2. The molecule has 0 aliphatic heterocycles. The monoisotopic (exact) mass is 385 g/mol. The molecule has 2 amide bonds. The lowest BCUT2D eigenvalue weighted by Gasteiger charge is -2.08. The minimum Gasteiger partial charge on any atom is -0.404 e. The van der Waals surface area contributed by atoms with E-state index in [1.54, 1.807) is 54.2 Å². The molecule has 0 aliphatic rings. The van der Waals surface area contributed by atoms with E-state index in [4.69, 9.17) is 5.73 Å². The molecule has 0 saturated carbocycles. The molecular weight excluding hydrogens is 366 g/mol. The molecule has 3 aromatic rings. The van der Waals surface area contributed by atoms with Crippen LogP contribution in [0.15, 0.2) is 73.3 Å². The number of allylic oxidation sites excluding steroid dienone is 1. The number of rotatable bonds is 4. The Balaban J connectivity index is 1.78. The van der Waals surface area contributed by atoms with Crippen LogP contribution >= 0.6 is 0 Å². The predicted octanol–water partition coefficient (Wildman–Crippen LogP) is 2.31. The first-order valence-corrected chi connectivity index (χ1v) is 8.77. The van der Waals surface area contributed by atoms with Gasteiger partial charge in [0.1, 0.15) is 12.0 Å². The third kappa shape index (κ3) is 4.90. The van der Waals surface area contributed by atoms with E-state index in [1.807, 2.05) is 18.2 Å². The molecule has 0 bridgehead atoms. The van der Waals surface area contributed by atoms with Crippen LogP contribution in [0.25, 0.3) is 5.69 Å². The van der Waals surface area contributed by atoms with E-state index < -0.39 is 0 Å². The average Bonchev–Trinajstić information content (AvgIpc) is 3.24. The van der Waals surface area contributed by atoms with Gasteiger partial charge in [-0.1, -0.05) is 24.0 Å². The number of benzene rings is 2. The van der Waals surface area contributed by atoms with Gasteiger partial charge >= 0.3 is 0 Å². The van der Waals surface area contributed by atoms with Crippen LogP contribution in [0, 0.1) is 11.8 Å². The van der Waals surface area contributed by atoms with Crippen molar-refractivity contribution in [3.8, 4) is 17.5 Å². The van der Waals surface area contributed by atoms with Crippen LogP contribution in [-0.4, -0.2) is 28.4 Å². The van der Waals surface area contributed by atoms with Crippen LogP contribution < -0.4 is 16.4 Å². The van der Waals surface area contributed by atoms with Gasteiger partial charge in [0.25, 0.3) is 11.8 Å². The van der Waals surface area contributed by atoms with Gasteiger partial charge in [-0.05, 0) is 36.4 Å². The maximum absolute atomic E-state index is 12.7. The number of imidazole rings is 1. The minimum atomic E-state index is -0.275. The summed E-state index contributed by atoms with van der Waals surface area (Å²) in [6.07, 6.45) is 6.04. The van der Waals surface area contributed by atoms with Crippen molar-refractivity contribution in [1.29, 1.82) is 0 Å². The van der Waals surface area contributed by atoms with Gasteiger partial charge in [-0.25, -0.2) is 4.98 Å². The van der Waals surface area contributed by atoms with Crippen molar-refractivity contribution in [2.75, 3.05) is 12.4 Å². The number of hydrogen-bond donors (Lipinski definition) is 3. The Kier molecular flexibility index (Phi) is 6.08. The Morgan fingerprint density at radius 1 is 1.14 bits per heavy atom. The van der Waals surface area contributed by atoms with Gasteiger partial charge in [0.2, 0.25) is 0 Å². The van der Waals surface area contributed by atoms with Gasteiger partial charge in [0, 0.05) is 48.0 Å². The molecule has 0 aliphatic carbocycles. The van der Waals surface area contributed by atoms with Crippen molar-refractivity contribution in [1.82, 2.24) is 14.9 Å². The summed E-state index contributed by atoms with van der Waals surface area (Å²) in [5.74, 6) is 5.20. The van der Waals surface area contributed by atoms with Crippen molar-refractivity contribution in [2.24, 2.45) is 5.73 Å². The zero-order chi connectivity index (χ0) is 20.6. The van der Waals surface area contributed by atoms with E-state index in [-0.39, 0.29) is 11.8 Å². The average molecular weight is 385 g/mol. The number of aromatic nitrogens is 2. The zero-order valence-electron chi connectivity index (χ0n) is 15.7. The second kappa shape index (κ2) is 9.06. The molecule has 7 heteroatoms. The fourth-order valence-corrected chi connectivity index (χ4v) is 2.57. The number of carbonyl (C=O) groups excluding carboxylic acids is 2. The normalized spacial score (nSPS) is 10.2. The lowest BCUT2D eigenvalue weighted by molar-refractivity contribution is 0.0957. The molecule has 2 aromatic carbocycles. The molecule has 1 aromatic heterocycles. The van der Waals surface area contributed by atoms with Crippen molar-refractivity contribution < 1.29 is 9.59 Å². The lowest BCUT2D eigenvalue weighted by Crippen LogP contribution is -2.18. The van der Waals surface area contributed by atoms with Crippen LogP contribution in [0.4, 0.5) is 5.69 Å². The highest BCUT2D eigenvalue weighted by molar-refractivity contribution is 6.04. The Morgan fingerprint density at radius 3 is 2.76 bits per heavy atom. The highest BCUT2D eigenvalue weighted by Crippen LogP contribution is 2.15. The fourth-order valence-electron chi connectivity index (χ4n) is 2.57. The molecule has 144 valence electrons. The second-order valence-corrected chi connectivity index (χ2v) is 5.96. The Morgan fingerprint density at radius 2 is 1.97 bits per heavy atom. The fraction of sp³-hybridized carbons (Fsp3) is 0.0455. The largest absolute Gasteiger partial charge is 0.404 e. The Labute approximate surface area is 168 Å². The maximum Gasteiger partial charge on any atom is 0.271 e. The second-order valence-electron chi connectivity index (χ2n) is 5.96. The molecule has 29 heavy (non-hydrogen) atoms. The first-order chi connectivity index (χ1) is 14.1. The molecule has 0 atom stereocenters. The van der Waals surface area contributed by atoms with E-state index in [0.29, 0.717) is 22.6 Å². The number of anilines is 1. The quantitative estimate of drug-likeness (QED) is 0.600. The van der Waals surface area contributed by atoms with E-state index in [9.17, 15) is 9.59 Å². The maximum atomic E-state index is 12.7. The van der Waals surface area contributed by atoms with Crippen molar-refractivity contribution in [2.45, 2.75) is 0 Å². The first-order valence-electron chi connectivity index (χ1n) is 8.77. The molecule has 0 fully saturated rings. The standard InChI is InChI=1S/C22H19N5O2/c1-24-22(29)20-14-27(15-25-20)19-10-5-8-17(13-19)21(28)26-18-9-4-7-16(12-18)6-2-3-11-23/h3-5,7-15H,23H2,1H3,(H,24,29)(H,26,28)/b11-3+. The summed E-state index contributed by atoms with van der Waals surface area (Å²) in [7, 11) is 1.54. The Bertz CT molecular complexity index is 1140. The molecule has 0 saturated heterocycles. The molecule has 4 N–H and O–H groups in total. The summed E-state index contributed by atoms with van der Waals surface area (Å²) in [5.41, 5.74) is 8.14. The van der Waals surface area contributed by atoms with E-state index in [1.165, 1.54) is 12.5 Å². The zero-order valence-corrected chi connectivity index (χ0v) is 15.7. The molecule has 0 radical (unpaired) electrons. The highest BCUT2D eigenvalue weighted by Gasteiger charge is 2.10. The van der Waals surface area contributed by atoms with Crippen molar-refractivity contribution in [3.05, 3.63) is 90.2 Å². The van der Waals surface area contributed by atoms with Gasteiger partial charge in [0.05, 0.1) is 0 Å². The predicted molar refractivity (Wildman–Crippen MR) is 112 cm³/mol. The summed E-state index contributed by atoms with van der Waals surface area (Å²) in [6.45, 7) is 0. The van der Waals surface area contributed by atoms with Gasteiger partial charge in [-0.15, -0.1) is 0 Å². The lowest BCUT2D eigenvalue weighted by atomic mass is 10.1. The highest BCUT2D eigenvalue weighted by atomic mass is 16.2. The van der Waals surface area contributed by atoms with E-state index in [2.05, 4.69) is 27.5 Å². The third-order valence-electron chi connectivity index (χ3n) is 3.97. The van der Waals surface area contributed by atoms with Gasteiger partial charge in [0.15, 0.2) is 0 Å². The summed E-state index contributed by atoms with van der Waals surface area (Å²) in [5, 5.41) is 5.39. The SMILES string of the molecule is CNC(=O)c1cn(-c2cccc(C(=O)Nc3cccc(C#C/C=C/N)c3)c2)cn1. The van der Waals surface area contributed by atoms with Gasteiger partial charge in [-0.2, -0.15) is 0 Å². The third-order valence-corrected chi connectivity index (χ3v) is 3.97. The summed E-state index contributed by atoms with van der Waals surface area (Å²) >= 11 is 0. The van der Waals surface area contributed by atoms with Gasteiger partial charge < -0.3 is 20.9 Å². The van der Waals surface area contributed by atoms with Crippen LogP contribution in [0.2, 0.25) is 0 Å². The van der Waals surface area contributed by atoms with Crippen molar-refractivity contribution >= 4 is 17.5 Å². The van der Waals surface area contributed by atoms with E-state index in [0.717, 1.165) is 5.56 Å². The molecule has 0 spiro atoms. The number of nitrogens with one attached hydrogen (secondary N) is 2. The number of hydrogen-bond acceptors (Lipinski definition) is 4. The van der Waals surface area contributed by atoms with Crippen LogP contribution in [0.5, 0.6) is 0 Å². The first kappa shape index (κ1) is 19.5. The number of carbonyl (C=O) groups is 2. The van der Waals surface area contributed by atoms with Crippen molar-refractivity contribution in [3.63, 3.8) is 0 Å². The summed E-state index contributed by atoms with van der Waals surface area (Å²) in [6, 6.07) is 14.3. The minimum absolute atomic E-state index is 0.259.